The zero-order valence-electron chi connectivity index (χ0n) is 21.2. The third-order valence-corrected chi connectivity index (χ3v) is 6.99. The third-order valence-electron chi connectivity index (χ3n) is 6.99. The first-order chi connectivity index (χ1) is 18.2. The maximum atomic E-state index is 12.6. The van der Waals surface area contributed by atoms with E-state index in [1.54, 1.807) is 18.6 Å². The summed E-state index contributed by atoms with van der Waals surface area (Å²) in [6.07, 6.45) is 4.52. The zero-order chi connectivity index (χ0) is 26.9. The molecule has 5 rings (SSSR count). The Labute approximate surface area is 218 Å². The highest BCUT2D eigenvalue weighted by Crippen LogP contribution is 2.32. The number of carbonyl (C=O) groups is 1. The average molecular weight is 523 g/mol. The van der Waals surface area contributed by atoms with E-state index in [1.165, 1.54) is 11.1 Å². The number of aromatic nitrogens is 3. The van der Waals surface area contributed by atoms with Gasteiger partial charge in [-0.05, 0) is 41.2 Å². The molecular weight excluding hydrogens is 493 g/mol. The molecule has 3 aromatic heterocycles. The lowest BCUT2D eigenvalue weighted by molar-refractivity contribution is -0.141. The van der Waals surface area contributed by atoms with Crippen LogP contribution in [0.1, 0.15) is 30.5 Å². The zero-order valence-corrected chi connectivity index (χ0v) is 21.2. The van der Waals surface area contributed by atoms with Crippen LogP contribution in [0.3, 0.4) is 0 Å². The number of alkyl halides is 3. The molecule has 1 atom stereocenters. The summed E-state index contributed by atoms with van der Waals surface area (Å²) < 4.78 is 44.1. The van der Waals surface area contributed by atoms with Crippen molar-refractivity contribution in [2.24, 2.45) is 11.8 Å². The molecule has 2 N–H and O–H groups in total. The number of fused-ring (bicyclic) bond motifs is 2. The Bertz CT molecular complexity index is 1420. The summed E-state index contributed by atoms with van der Waals surface area (Å²) in [6, 6.07) is 12.2. The first-order valence-electron chi connectivity index (χ1n) is 12.7. The van der Waals surface area contributed by atoms with Crippen molar-refractivity contribution in [3.63, 3.8) is 0 Å². The molecule has 0 saturated carbocycles. The van der Waals surface area contributed by atoms with Crippen LogP contribution in [0.4, 0.5) is 13.2 Å². The highest BCUT2D eigenvalue weighted by Gasteiger charge is 2.31. The molecular formula is C29H29F3N4O2. The molecule has 1 aliphatic rings. The van der Waals surface area contributed by atoms with Crippen molar-refractivity contribution < 1.29 is 22.7 Å². The van der Waals surface area contributed by atoms with Crippen LogP contribution < -0.4 is 10.1 Å². The summed E-state index contributed by atoms with van der Waals surface area (Å²) in [5, 5.41) is 2.90. The fourth-order valence-corrected chi connectivity index (χ4v) is 5.03. The number of ether oxygens (including phenoxy) is 1. The minimum absolute atomic E-state index is 0.0514. The molecule has 0 bridgehead atoms. The monoisotopic (exact) mass is 522 g/mol. The number of nitrogens with one attached hydrogen (secondary N) is 2. The Balaban J connectivity index is 1.34. The van der Waals surface area contributed by atoms with E-state index in [9.17, 15) is 18.0 Å². The summed E-state index contributed by atoms with van der Waals surface area (Å²) in [5.74, 6) is -0.698. The van der Waals surface area contributed by atoms with Gasteiger partial charge in [0.05, 0.1) is 6.20 Å². The van der Waals surface area contributed by atoms with Crippen LogP contribution in [0.2, 0.25) is 0 Å². The summed E-state index contributed by atoms with van der Waals surface area (Å²) in [6.45, 7) is 2.31. The van der Waals surface area contributed by atoms with Gasteiger partial charge in [-0.1, -0.05) is 38.1 Å². The molecule has 9 heteroatoms. The first kappa shape index (κ1) is 25.8. The molecule has 1 aromatic carbocycles. The predicted molar refractivity (Wildman–Crippen MR) is 139 cm³/mol. The number of halogens is 3. The minimum Gasteiger partial charge on any atom is -0.488 e. The molecule has 1 unspecified atom stereocenters. The second-order valence-corrected chi connectivity index (χ2v) is 10.2. The van der Waals surface area contributed by atoms with E-state index in [0.717, 1.165) is 34.9 Å². The van der Waals surface area contributed by atoms with Crippen molar-refractivity contribution >= 4 is 16.9 Å². The molecule has 0 spiro atoms. The predicted octanol–water partition coefficient (Wildman–Crippen LogP) is 5.66. The summed E-state index contributed by atoms with van der Waals surface area (Å²) >= 11 is 0. The Morgan fingerprint density at radius 3 is 2.55 bits per heavy atom. The maximum absolute atomic E-state index is 12.6. The molecule has 0 radical (unpaired) electrons. The lowest BCUT2D eigenvalue weighted by atomic mass is 9.88. The minimum atomic E-state index is -4.45. The van der Waals surface area contributed by atoms with Crippen LogP contribution >= 0.6 is 0 Å². The Morgan fingerprint density at radius 2 is 1.87 bits per heavy atom. The number of nitrogens with zero attached hydrogens (tertiary/aromatic N) is 2. The van der Waals surface area contributed by atoms with E-state index in [-0.39, 0.29) is 18.4 Å². The van der Waals surface area contributed by atoms with Gasteiger partial charge in [-0.3, -0.25) is 9.78 Å². The number of hydrogen-bond acceptors (Lipinski definition) is 4. The molecule has 0 fully saturated rings. The highest BCUT2D eigenvalue weighted by molar-refractivity contribution is 5.94. The van der Waals surface area contributed by atoms with Gasteiger partial charge in [0.2, 0.25) is 5.91 Å². The molecule has 1 aliphatic carbocycles. The Hall–Kier alpha value is -3.88. The van der Waals surface area contributed by atoms with Gasteiger partial charge in [0, 0.05) is 53.9 Å². The van der Waals surface area contributed by atoms with E-state index in [1.807, 2.05) is 49.6 Å². The van der Waals surface area contributed by atoms with Gasteiger partial charge in [-0.25, -0.2) is 4.98 Å². The van der Waals surface area contributed by atoms with E-state index in [2.05, 4.69) is 27.1 Å². The molecule has 0 aliphatic heterocycles. The molecule has 38 heavy (non-hydrogen) atoms. The van der Waals surface area contributed by atoms with Gasteiger partial charge < -0.3 is 15.0 Å². The third kappa shape index (κ3) is 5.82. The number of pyridine rings is 2. The number of carbonyl (C=O) groups excluding carboxylic acids is 1. The van der Waals surface area contributed by atoms with Gasteiger partial charge in [0.1, 0.15) is 24.0 Å². The number of benzene rings is 1. The van der Waals surface area contributed by atoms with Gasteiger partial charge in [0.25, 0.3) is 0 Å². The quantitative estimate of drug-likeness (QED) is 0.313. The van der Waals surface area contributed by atoms with Crippen molar-refractivity contribution in [1.82, 2.24) is 20.3 Å². The number of amides is 1. The van der Waals surface area contributed by atoms with Crippen LogP contribution in [0.5, 0.6) is 5.75 Å². The van der Waals surface area contributed by atoms with Crippen LogP contribution in [-0.2, 0) is 24.1 Å². The van der Waals surface area contributed by atoms with Gasteiger partial charge in [-0.2, -0.15) is 13.2 Å². The smallest absolute Gasteiger partial charge is 0.405 e. The second kappa shape index (κ2) is 10.5. The van der Waals surface area contributed by atoms with Crippen molar-refractivity contribution in [3.8, 4) is 16.9 Å². The first-order valence-corrected chi connectivity index (χ1v) is 12.7. The second-order valence-electron chi connectivity index (χ2n) is 10.2. The van der Waals surface area contributed by atoms with Crippen LogP contribution in [0, 0.1) is 11.8 Å². The number of hydrogen-bond donors (Lipinski definition) is 2. The van der Waals surface area contributed by atoms with Crippen molar-refractivity contribution in [2.75, 3.05) is 6.54 Å². The molecule has 4 aromatic rings. The van der Waals surface area contributed by atoms with Crippen LogP contribution in [0.25, 0.3) is 22.2 Å². The molecule has 198 valence electrons. The topological polar surface area (TPSA) is 79.9 Å². The molecule has 0 saturated heterocycles. The van der Waals surface area contributed by atoms with E-state index < -0.39 is 24.5 Å². The Morgan fingerprint density at radius 1 is 1.13 bits per heavy atom. The number of rotatable bonds is 8. The van der Waals surface area contributed by atoms with Gasteiger partial charge >= 0.3 is 6.18 Å². The van der Waals surface area contributed by atoms with Crippen molar-refractivity contribution in [2.45, 2.75) is 45.4 Å². The largest absolute Gasteiger partial charge is 0.488 e. The van der Waals surface area contributed by atoms with E-state index in [4.69, 9.17) is 4.74 Å². The van der Waals surface area contributed by atoms with Crippen molar-refractivity contribution in [1.29, 1.82) is 0 Å². The van der Waals surface area contributed by atoms with Crippen LogP contribution in [0.15, 0.2) is 61.2 Å². The summed E-state index contributed by atoms with van der Waals surface area (Å²) in [7, 11) is 0. The Kier molecular flexibility index (Phi) is 7.10. The highest BCUT2D eigenvalue weighted by atomic mass is 19.4. The van der Waals surface area contributed by atoms with E-state index >= 15 is 0 Å². The number of H-pyrrole nitrogens is 1. The van der Waals surface area contributed by atoms with Gasteiger partial charge in [0.15, 0.2) is 0 Å². The lowest BCUT2D eigenvalue weighted by Crippen LogP contribution is -2.40. The fourth-order valence-electron chi connectivity index (χ4n) is 5.03. The normalized spacial score (nSPS) is 14.6. The van der Waals surface area contributed by atoms with Crippen molar-refractivity contribution in [3.05, 3.63) is 77.9 Å². The standard InChI is InChI=1S/C29H29F3N4O2/c1-17(2)24(28(37)36-16-29(30,31)32)8-18-7-21(13-33-12-18)26-15-35-27-25(26)11-23(14-34-27)38-22-9-19-5-3-4-6-20(19)10-22/h3-7,11-15,17,22,24H,8-10,16H2,1-2H3,(H,34,35)(H,36,37). The lowest BCUT2D eigenvalue weighted by Gasteiger charge is -2.21. The van der Waals surface area contributed by atoms with Gasteiger partial charge in [-0.15, -0.1) is 0 Å². The summed E-state index contributed by atoms with van der Waals surface area (Å²) in [5.41, 5.74) is 5.79. The van der Waals surface area contributed by atoms with Crippen LogP contribution in [-0.4, -0.2) is 39.7 Å². The summed E-state index contributed by atoms with van der Waals surface area (Å²) in [4.78, 5) is 24.6. The molecule has 3 heterocycles. The average Bonchev–Trinajstić information content (AvgIpc) is 3.48. The SMILES string of the molecule is CC(C)C(Cc1cncc(-c2c[nH]c3ncc(OC4Cc5ccccc5C4)cc23)c1)C(=O)NCC(F)(F)F. The maximum Gasteiger partial charge on any atom is 0.405 e. The fraction of sp³-hybridized carbons (Fsp3) is 0.345. The number of aromatic amines is 1. The molecule has 1 amide bonds. The van der Waals surface area contributed by atoms with E-state index in [0.29, 0.717) is 11.4 Å². The molecule has 6 nitrogen and oxygen atoms in total.